The largest absolute Gasteiger partial charge is 0.330 e. The van der Waals surface area contributed by atoms with Crippen LogP contribution in [0.2, 0.25) is 0 Å². The zero-order valence-corrected chi connectivity index (χ0v) is 21.4. The third-order valence-corrected chi connectivity index (χ3v) is 6.58. The molecule has 0 aromatic heterocycles. The van der Waals surface area contributed by atoms with Crippen LogP contribution in [0.25, 0.3) is 0 Å². The third-order valence-electron chi connectivity index (χ3n) is 6.58. The molecule has 0 saturated heterocycles. The van der Waals surface area contributed by atoms with Crippen LogP contribution in [0.1, 0.15) is 155 Å². The first-order chi connectivity index (χ1) is 14.8. The van der Waals surface area contributed by atoms with Crippen molar-refractivity contribution in [2.75, 3.05) is 26.2 Å². The van der Waals surface area contributed by atoms with Crippen molar-refractivity contribution in [3.05, 3.63) is 0 Å². The Morgan fingerprint density at radius 3 is 0.933 bits per heavy atom. The highest BCUT2D eigenvalue weighted by Crippen LogP contribution is 2.13. The Kier molecular flexibility index (Phi) is 26.9. The molecule has 0 bridgehead atoms. The minimum atomic E-state index is 0.852. The standard InChI is InChI=1S/C28H60N2/c1-3-5-7-9-11-13-15-17-19-22-26-30(28-24-21-25-29)27-23-20-18-16-14-12-10-8-6-4-2/h3-29H2,1-2H3. The molecule has 0 aliphatic heterocycles. The average molecular weight is 425 g/mol. The molecule has 2 nitrogen and oxygen atoms in total. The highest BCUT2D eigenvalue weighted by atomic mass is 15.1. The highest BCUT2D eigenvalue weighted by molar-refractivity contribution is 4.60. The van der Waals surface area contributed by atoms with E-state index >= 15 is 0 Å². The van der Waals surface area contributed by atoms with Gasteiger partial charge in [0.05, 0.1) is 0 Å². The van der Waals surface area contributed by atoms with Crippen molar-refractivity contribution in [3.63, 3.8) is 0 Å². The van der Waals surface area contributed by atoms with Crippen molar-refractivity contribution in [2.45, 2.75) is 155 Å². The molecule has 2 N–H and O–H groups in total. The van der Waals surface area contributed by atoms with Crippen LogP contribution >= 0.6 is 0 Å². The molecule has 0 aromatic rings. The Balaban J connectivity index is 3.61. The first kappa shape index (κ1) is 29.9. The quantitative estimate of drug-likeness (QED) is 0.140. The van der Waals surface area contributed by atoms with Gasteiger partial charge in [0.15, 0.2) is 0 Å². The normalized spacial score (nSPS) is 11.6. The Labute approximate surface area is 192 Å². The van der Waals surface area contributed by atoms with E-state index in [1.165, 1.54) is 161 Å². The second-order valence-corrected chi connectivity index (χ2v) is 9.70. The molecule has 0 aromatic carbocycles. The second-order valence-electron chi connectivity index (χ2n) is 9.70. The number of rotatable bonds is 26. The summed E-state index contributed by atoms with van der Waals surface area (Å²) in [5, 5.41) is 0. The van der Waals surface area contributed by atoms with Gasteiger partial charge < -0.3 is 10.6 Å². The Hall–Kier alpha value is -0.0800. The van der Waals surface area contributed by atoms with Crippen molar-refractivity contribution in [1.29, 1.82) is 0 Å². The number of hydrogen-bond acceptors (Lipinski definition) is 2. The molecule has 0 radical (unpaired) electrons. The first-order valence-corrected chi connectivity index (χ1v) is 14.3. The van der Waals surface area contributed by atoms with E-state index < -0.39 is 0 Å². The monoisotopic (exact) mass is 424 g/mol. The molecule has 30 heavy (non-hydrogen) atoms. The Morgan fingerprint density at radius 1 is 0.367 bits per heavy atom. The molecule has 0 aliphatic carbocycles. The molecule has 0 heterocycles. The predicted molar refractivity (Wildman–Crippen MR) is 138 cm³/mol. The van der Waals surface area contributed by atoms with E-state index in [0.29, 0.717) is 0 Å². The lowest BCUT2D eigenvalue weighted by Crippen LogP contribution is -2.27. The molecule has 2 heteroatoms. The van der Waals surface area contributed by atoms with Gasteiger partial charge in [-0.3, -0.25) is 0 Å². The van der Waals surface area contributed by atoms with Gasteiger partial charge in [0.1, 0.15) is 0 Å². The summed E-state index contributed by atoms with van der Waals surface area (Å²) in [5.41, 5.74) is 5.71. The van der Waals surface area contributed by atoms with E-state index in [1.807, 2.05) is 0 Å². The van der Waals surface area contributed by atoms with Crippen LogP contribution in [0.15, 0.2) is 0 Å². The molecule has 182 valence electrons. The predicted octanol–water partition coefficient (Wildman–Crippen LogP) is 8.87. The topological polar surface area (TPSA) is 29.3 Å². The molecule has 0 unspecified atom stereocenters. The number of unbranched alkanes of at least 4 members (excludes halogenated alkanes) is 19. The van der Waals surface area contributed by atoms with E-state index in [0.717, 1.165) is 6.54 Å². The van der Waals surface area contributed by atoms with E-state index in [9.17, 15) is 0 Å². The molecule has 0 fully saturated rings. The second kappa shape index (κ2) is 27.0. The number of nitrogens with two attached hydrogens (primary N) is 1. The summed E-state index contributed by atoms with van der Waals surface area (Å²) in [4.78, 5) is 2.74. The number of hydrogen-bond donors (Lipinski definition) is 1. The van der Waals surface area contributed by atoms with Crippen LogP contribution in [0.4, 0.5) is 0 Å². The summed E-state index contributed by atoms with van der Waals surface area (Å²) in [6.07, 6.45) is 31.2. The lowest BCUT2D eigenvalue weighted by atomic mass is 10.1. The van der Waals surface area contributed by atoms with Gasteiger partial charge in [0.2, 0.25) is 0 Å². The Bertz CT molecular complexity index is 268. The van der Waals surface area contributed by atoms with Crippen LogP contribution in [-0.2, 0) is 0 Å². The van der Waals surface area contributed by atoms with Gasteiger partial charge in [-0.25, -0.2) is 0 Å². The summed E-state index contributed by atoms with van der Waals surface area (Å²) in [5.74, 6) is 0. The van der Waals surface area contributed by atoms with Crippen LogP contribution < -0.4 is 5.73 Å². The zero-order valence-electron chi connectivity index (χ0n) is 21.4. The summed E-state index contributed by atoms with van der Waals surface area (Å²) in [7, 11) is 0. The molecule has 0 saturated carbocycles. The fourth-order valence-electron chi connectivity index (χ4n) is 4.46. The maximum Gasteiger partial charge on any atom is -0.00183 e. The average Bonchev–Trinajstić information content (AvgIpc) is 2.76. The van der Waals surface area contributed by atoms with Gasteiger partial charge >= 0.3 is 0 Å². The fraction of sp³-hybridized carbons (Fsp3) is 1.00. The maximum absolute atomic E-state index is 5.71. The Morgan fingerprint density at radius 2 is 0.633 bits per heavy atom. The molecule has 0 atom stereocenters. The minimum Gasteiger partial charge on any atom is -0.330 e. The number of nitrogens with zero attached hydrogens (tertiary/aromatic N) is 1. The lowest BCUT2D eigenvalue weighted by molar-refractivity contribution is 0.255. The summed E-state index contributed by atoms with van der Waals surface area (Å²) >= 11 is 0. The van der Waals surface area contributed by atoms with Crippen LogP contribution in [0, 0.1) is 0 Å². The summed E-state index contributed by atoms with van der Waals surface area (Å²) < 4.78 is 0. The van der Waals surface area contributed by atoms with Crippen LogP contribution in [0.3, 0.4) is 0 Å². The van der Waals surface area contributed by atoms with E-state index in [4.69, 9.17) is 5.73 Å². The van der Waals surface area contributed by atoms with Gasteiger partial charge in [-0.1, -0.05) is 129 Å². The van der Waals surface area contributed by atoms with Crippen molar-refractivity contribution in [3.8, 4) is 0 Å². The van der Waals surface area contributed by atoms with Gasteiger partial charge in [0.25, 0.3) is 0 Å². The highest BCUT2D eigenvalue weighted by Gasteiger charge is 2.04. The summed E-state index contributed by atoms with van der Waals surface area (Å²) in [6, 6.07) is 0. The van der Waals surface area contributed by atoms with Gasteiger partial charge in [-0.15, -0.1) is 0 Å². The van der Waals surface area contributed by atoms with Crippen molar-refractivity contribution >= 4 is 0 Å². The summed E-state index contributed by atoms with van der Waals surface area (Å²) in [6.45, 7) is 9.36. The van der Waals surface area contributed by atoms with Gasteiger partial charge in [-0.05, 0) is 51.9 Å². The molecule has 0 aliphatic rings. The van der Waals surface area contributed by atoms with Gasteiger partial charge in [0, 0.05) is 0 Å². The molecule has 0 rings (SSSR count). The van der Waals surface area contributed by atoms with E-state index in [2.05, 4.69) is 18.7 Å². The van der Waals surface area contributed by atoms with Crippen LogP contribution in [-0.4, -0.2) is 31.1 Å². The van der Waals surface area contributed by atoms with Crippen molar-refractivity contribution in [2.24, 2.45) is 5.73 Å². The maximum atomic E-state index is 5.71. The van der Waals surface area contributed by atoms with Gasteiger partial charge in [-0.2, -0.15) is 0 Å². The molecule has 0 spiro atoms. The third kappa shape index (κ3) is 24.2. The van der Waals surface area contributed by atoms with E-state index in [1.54, 1.807) is 0 Å². The molecular weight excluding hydrogens is 364 g/mol. The fourth-order valence-corrected chi connectivity index (χ4v) is 4.46. The van der Waals surface area contributed by atoms with Crippen molar-refractivity contribution in [1.82, 2.24) is 4.90 Å². The molecule has 0 amide bonds. The van der Waals surface area contributed by atoms with Crippen LogP contribution in [0.5, 0.6) is 0 Å². The van der Waals surface area contributed by atoms with Crippen molar-refractivity contribution < 1.29 is 0 Å². The van der Waals surface area contributed by atoms with E-state index in [-0.39, 0.29) is 0 Å². The SMILES string of the molecule is CCCCCCCCCCCCN(CCCCN)CCCCCCCCCCCC. The molecular formula is C28H60N2. The first-order valence-electron chi connectivity index (χ1n) is 14.3. The smallest absolute Gasteiger partial charge is 0.00183 e. The zero-order chi connectivity index (χ0) is 22.0. The lowest BCUT2D eigenvalue weighted by Gasteiger charge is -2.22. The minimum absolute atomic E-state index is 0.852.